The first-order valence-electron chi connectivity index (χ1n) is 5.45. The van der Waals surface area contributed by atoms with Crippen molar-refractivity contribution in [1.82, 2.24) is 0 Å². The van der Waals surface area contributed by atoms with Crippen LogP contribution < -0.4 is 5.73 Å². The highest BCUT2D eigenvalue weighted by atomic mass is 19.3. The Morgan fingerprint density at radius 3 is 2.00 bits per heavy atom. The molecule has 0 saturated carbocycles. The number of nitrogens with two attached hydrogens (primary N) is 1. The molecule has 0 aliphatic carbocycles. The van der Waals surface area contributed by atoms with Crippen LogP contribution in [0, 0.1) is 0 Å². The lowest BCUT2D eigenvalue weighted by Gasteiger charge is -2.20. The van der Waals surface area contributed by atoms with Crippen LogP contribution in [0.4, 0.5) is 8.78 Å². The minimum Gasteiger partial charge on any atom is -0.324 e. The van der Waals surface area contributed by atoms with E-state index in [1.165, 1.54) is 5.56 Å². The van der Waals surface area contributed by atoms with Crippen molar-refractivity contribution in [2.24, 2.45) is 5.73 Å². The second kappa shape index (κ2) is 4.91. The van der Waals surface area contributed by atoms with Crippen LogP contribution in [0.2, 0.25) is 0 Å². The first kappa shape index (κ1) is 13.1. The Labute approximate surface area is 95.7 Å². The van der Waals surface area contributed by atoms with Crippen LogP contribution in [0.25, 0.3) is 0 Å². The van der Waals surface area contributed by atoms with E-state index in [2.05, 4.69) is 20.8 Å². The number of benzene rings is 1. The lowest BCUT2D eigenvalue weighted by molar-refractivity contribution is 0.128. The van der Waals surface area contributed by atoms with Gasteiger partial charge in [-0.1, -0.05) is 45.0 Å². The van der Waals surface area contributed by atoms with E-state index >= 15 is 0 Å². The standard InChI is InChI=1S/C13H19F2N/c1-13(2,3)10-6-4-9(5-7-10)11(16)8-12(14)15/h4-7,11-12H,8,16H2,1-3H3/t11-/m0/s1. The van der Waals surface area contributed by atoms with Gasteiger partial charge in [-0.2, -0.15) is 0 Å². The third-order valence-corrected chi connectivity index (χ3v) is 2.64. The van der Waals surface area contributed by atoms with Crippen molar-refractivity contribution in [3.63, 3.8) is 0 Å². The van der Waals surface area contributed by atoms with Crippen LogP contribution in [-0.2, 0) is 5.41 Å². The Balaban J connectivity index is 2.79. The average Bonchev–Trinajstić information content (AvgIpc) is 2.15. The van der Waals surface area contributed by atoms with Crippen LogP contribution in [0.3, 0.4) is 0 Å². The van der Waals surface area contributed by atoms with Gasteiger partial charge < -0.3 is 5.73 Å². The molecule has 0 fully saturated rings. The summed E-state index contributed by atoms with van der Waals surface area (Å²) in [6, 6.07) is 7.02. The Hall–Kier alpha value is -0.960. The highest BCUT2D eigenvalue weighted by Gasteiger charge is 2.16. The summed E-state index contributed by atoms with van der Waals surface area (Å²) in [7, 11) is 0. The zero-order chi connectivity index (χ0) is 12.3. The normalized spacial score (nSPS) is 14.2. The summed E-state index contributed by atoms with van der Waals surface area (Å²) < 4.78 is 24.3. The molecule has 0 amide bonds. The maximum atomic E-state index is 12.2. The average molecular weight is 227 g/mol. The first-order valence-corrected chi connectivity index (χ1v) is 5.45. The predicted octanol–water partition coefficient (Wildman–Crippen LogP) is 3.64. The van der Waals surface area contributed by atoms with Gasteiger partial charge in [-0.15, -0.1) is 0 Å². The molecule has 2 N–H and O–H groups in total. The molecule has 0 aromatic heterocycles. The van der Waals surface area contributed by atoms with Crippen molar-refractivity contribution in [3.05, 3.63) is 35.4 Å². The molecule has 0 aliphatic heterocycles. The molecule has 0 aliphatic rings. The van der Waals surface area contributed by atoms with Gasteiger partial charge in [0.15, 0.2) is 0 Å². The lowest BCUT2D eigenvalue weighted by Crippen LogP contribution is -2.15. The molecule has 3 heteroatoms. The second-order valence-corrected chi connectivity index (χ2v) is 5.11. The molecule has 1 atom stereocenters. The van der Waals surface area contributed by atoms with E-state index in [9.17, 15) is 8.78 Å². The highest BCUT2D eigenvalue weighted by Crippen LogP contribution is 2.24. The maximum absolute atomic E-state index is 12.2. The Morgan fingerprint density at radius 1 is 1.12 bits per heavy atom. The number of alkyl halides is 2. The monoisotopic (exact) mass is 227 g/mol. The van der Waals surface area contributed by atoms with E-state index in [1.54, 1.807) is 0 Å². The van der Waals surface area contributed by atoms with Gasteiger partial charge in [0.1, 0.15) is 0 Å². The quantitative estimate of drug-likeness (QED) is 0.838. The molecule has 0 spiro atoms. The Morgan fingerprint density at radius 2 is 1.62 bits per heavy atom. The summed E-state index contributed by atoms with van der Waals surface area (Å²) in [6.07, 6.45) is -2.63. The van der Waals surface area contributed by atoms with Gasteiger partial charge in [0.25, 0.3) is 0 Å². The summed E-state index contributed by atoms with van der Waals surface area (Å²) in [5, 5.41) is 0. The summed E-state index contributed by atoms with van der Waals surface area (Å²) in [5.41, 5.74) is 7.70. The van der Waals surface area contributed by atoms with Crippen molar-refractivity contribution < 1.29 is 8.78 Å². The number of hydrogen-bond donors (Lipinski definition) is 1. The fourth-order valence-electron chi connectivity index (χ4n) is 1.56. The van der Waals surface area contributed by atoms with Crippen molar-refractivity contribution >= 4 is 0 Å². The number of hydrogen-bond acceptors (Lipinski definition) is 1. The number of halogens is 2. The van der Waals surface area contributed by atoms with E-state index in [1.807, 2.05) is 24.3 Å². The highest BCUT2D eigenvalue weighted by molar-refractivity contribution is 5.29. The molecule has 1 nitrogen and oxygen atoms in total. The largest absolute Gasteiger partial charge is 0.324 e. The fraction of sp³-hybridized carbons (Fsp3) is 0.538. The zero-order valence-corrected chi connectivity index (χ0v) is 10.0. The molecule has 0 radical (unpaired) electrons. The van der Waals surface area contributed by atoms with Gasteiger partial charge in [0, 0.05) is 12.5 Å². The molecule has 0 saturated heterocycles. The summed E-state index contributed by atoms with van der Waals surface area (Å²) >= 11 is 0. The number of rotatable bonds is 3. The van der Waals surface area contributed by atoms with Gasteiger partial charge in [0.2, 0.25) is 6.43 Å². The maximum Gasteiger partial charge on any atom is 0.240 e. The molecule has 0 bridgehead atoms. The predicted molar refractivity (Wildman–Crippen MR) is 62.7 cm³/mol. The van der Waals surface area contributed by atoms with E-state index in [-0.39, 0.29) is 11.8 Å². The van der Waals surface area contributed by atoms with E-state index in [0.29, 0.717) is 0 Å². The van der Waals surface area contributed by atoms with E-state index in [0.717, 1.165) is 5.56 Å². The van der Waals surface area contributed by atoms with E-state index in [4.69, 9.17) is 5.73 Å². The minimum atomic E-state index is -2.35. The summed E-state index contributed by atoms with van der Waals surface area (Å²) in [5.74, 6) is 0. The van der Waals surface area contributed by atoms with Crippen molar-refractivity contribution in [2.45, 2.75) is 45.1 Å². The van der Waals surface area contributed by atoms with Crippen LogP contribution in [0.5, 0.6) is 0 Å². The SMILES string of the molecule is CC(C)(C)c1ccc([C@@H](N)CC(F)F)cc1. The van der Waals surface area contributed by atoms with Crippen LogP contribution in [0.1, 0.15) is 44.4 Å². The van der Waals surface area contributed by atoms with Gasteiger partial charge in [-0.05, 0) is 16.5 Å². The van der Waals surface area contributed by atoms with Gasteiger partial charge >= 0.3 is 0 Å². The molecule has 0 heterocycles. The molecule has 16 heavy (non-hydrogen) atoms. The smallest absolute Gasteiger partial charge is 0.240 e. The van der Waals surface area contributed by atoms with Crippen molar-refractivity contribution in [1.29, 1.82) is 0 Å². The molecule has 90 valence electrons. The molecule has 1 aromatic rings. The molecule has 1 aromatic carbocycles. The van der Waals surface area contributed by atoms with Crippen LogP contribution >= 0.6 is 0 Å². The minimum absolute atomic E-state index is 0.0747. The topological polar surface area (TPSA) is 26.0 Å². The molecular weight excluding hydrogens is 208 g/mol. The second-order valence-electron chi connectivity index (χ2n) is 5.11. The summed E-state index contributed by atoms with van der Waals surface area (Å²) in [4.78, 5) is 0. The van der Waals surface area contributed by atoms with Crippen molar-refractivity contribution in [3.8, 4) is 0 Å². The third kappa shape index (κ3) is 3.56. The van der Waals surface area contributed by atoms with Crippen LogP contribution in [0.15, 0.2) is 24.3 Å². The van der Waals surface area contributed by atoms with Gasteiger partial charge in [-0.25, -0.2) is 8.78 Å². The third-order valence-electron chi connectivity index (χ3n) is 2.64. The zero-order valence-electron chi connectivity index (χ0n) is 10.0. The first-order chi connectivity index (χ1) is 7.30. The fourth-order valence-corrected chi connectivity index (χ4v) is 1.56. The van der Waals surface area contributed by atoms with Gasteiger partial charge in [-0.3, -0.25) is 0 Å². The molecular formula is C13H19F2N. The molecule has 0 unspecified atom stereocenters. The lowest BCUT2D eigenvalue weighted by atomic mass is 9.86. The summed E-state index contributed by atoms with van der Waals surface area (Å²) in [6.45, 7) is 6.34. The Bertz CT molecular complexity index is 325. The van der Waals surface area contributed by atoms with Crippen LogP contribution in [-0.4, -0.2) is 6.43 Å². The van der Waals surface area contributed by atoms with Crippen molar-refractivity contribution in [2.75, 3.05) is 0 Å². The molecule has 1 rings (SSSR count). The Kier molecular flexibility index (Phi) is 4.03. The van der Waals surface area contributed by atoms with E-state index < -0.39 is 12.5 Å². The van der Waals surface area contributed by atoms with Gasteiger partial charge in [0.05, 0.1) is 0 Å².